The lowest BCUT2D eigenvalue weighted by atomic mass is 9.89. The van der Waals surface area contributed by atoms with E-state index in [4.69, 9.17) is 0 Å². The second kappa shape index (κ2) is 6.17. The fourth-order valence-corrected chi connectivity index (χ4v) is 3.85. The maximum absolute atomic E-state index is 12.0. The highest BCUT2D eigenvalue weighted by molar-refractivity contribution is 7.16. The number of nitrogens with zero attached hydrogens (tertiary/aromatic N) is 1. The molecule has 2 N–H and O–H groups in total. The summed E-state index contributed by atoms with van der Waals surface area (Å²) < 4.78 is 0. The van der Waals surface area contributed by atoms with Crippen LogP contribution in [0.1, 0.15) is 50.1 Å². The van der Waals surface area contributed by atoms with Crippen LogP contribution >= 0.6 is 11.3 Å². The molecule has 1 aliphatic rings. The molecule has 1 aliphatic carbocycles. The van der Waals surface area contributed by atoms with Crippen LogP contribution in [0.5, 0.6) is 0 Å². The van der Waals surface area contributed by atoms with Crippen molar-refractivity contribution in [2.75, 3.05) is 11.9 Å². The molecule has 114 valence electrons. The van der Waals surface area contributed by atoms with Gasteiger partial charge in [0.1, 0.15) is 11.1 Å². The van der Waals surface area contributed by atoms with Crippen molar-refractivity contribution >= 4 is 22.2 Å². The highest BCUT2D eigenvalue weighted by Gasteiger charge is 2.24. The Balaban J connectivity index is 2.10. The summed E-state index contributed by atoms with van der Waals surface area (Å²) >= 11 is 1.57. The zero-order chi connectivity index (χ0) is 15.6. The first kappa shape index (κ1) is 16.0. The normalized spacial score (nSPS) is 18.0. The van der Waals surface area contributed by atoms with Gasteiger partial charge in [0.05, 0.1) is 12.1 Å². The van der Waals surface area contributed by atoms with Gasteiger partial charge < -0.3 is 10.6 Å². The van der Waals surface area contributed by atoms with Crippen LogP contribution in [-0.4, -0.2) is 18.0 Å². The van der Waals surface area contributed by atoms with Gasteiger partial charge in [0.25, 0.3) is 0 Å². The summed E-state index contributed by atoms with van der Waals surface area (Å²) in [6, 6.07) is 2.27. The molecule has 0 spiro atoms. The molecular formula is C16H23N3OS. The second-order valence-corrected chi connectivity index (χ2v) is 7.92. The van der Waals surface area contributed by atoms with Crippen LogP contribution in [0, 0.1) is 17.2 Å². The first-order chi connectivity index (χ1) is 9.80. The van der Waals surface area contributed by atoms with Gasteiger partial charge in [-0.15, -0.1) is 11.3 Å². The van der Waals surface area contributed by atoms with Crippen molar-refractivity contribution < 1.29 is 4.79 Å². The maximum atomic E-state index is 12.0. The number of fused-ring (bicyclic) bond motifs is 1. The van der Waals surface area contributed by atoms with Crippen LogP contribution in [-0.2, 0) is 17.6 Å². The van der Waals surface area contributed by atoms with E-state index in [0.717, 1.165) is 29.8 Å². The van der Waals surface area contributed by atoms with E-state index in [1.807, 2.05) is 20.8 Å². The van der Waals surface area contributed by atoms with Gasteiger partial charge in [0.15, 0.2) is 0 Å². The molecule has 1 heterocycles. The fraction of sp³-hybridized carbons (Fsp3) is 0.625. The van der Waals surface area contributed by atoms with E-state index in [1.54, 1.807) is 11.3 Å². The molecule has 0 aromatic carbocycles. The van der Waals surface area contributed by atoms with Crippen LogP contribution in [0.25, 0.3) is 0 Å². The minimum Gasteiger partial charge on any atom is -0.315 e. The number of nitriles is 1. The Morgan fingerprint density at radius 2 is 2.19 bits per heavy atom. The van der Waals surface area contributed by atoms with Crippen molar-refractivity contribution in [3.8, 4) is 6.07 Å². The van der Waals surface area contributed by atoms with Crippen LogP contribution in [0.3, 0.4) is 0 Å². The van der Waals surface area contributed by atoms with E-state index in [9.17, 15) is 10.1 Å². The minimum absolute atomic E-state index is 0.0897. The standard InChI is InChI=1S/C16H23N3OS/c1-10-5-6-11-12(8-17)15(21-13(11)7-10)19-14(20)9-18-16(2,3)4/h10,18H,5-7,9H2,1-4H3,(H,19,20)/t10-/m1/s1. The molecule has 0 unspecified atom stereocenters. The average Bonchev–Trinajstić information content (AvgIpc) is 2.71. The molecule has 1 amide bonds. The van der Waals surface area contributed by atoms with Crippen LogP contribution in [0.4, 0.5) is 5.00 Å². The quantitative estimate of drug-likeness (QED) is 0.902. The predicted octanol–water partition coefficient (Wildman–Crippen LogP) is 3.07. The highest BCUT2D eigenvalue weighted by atomic mass is 32.1. The van der Waals surface area contributed by atoms with Gasteiger partial charge in [-0.1, -0.05) is 6.92 Å². The molecule has 0 radical (unpaired) electrons. The van der Waals surface area contributed by atoms with Crippen molar-refractivity contribution in [1.29, 1.82) is 5.26 Å². The third-order valence-corrected chi connectivity index (χ3v) is 4.83. The number of carbonyl (C=O) groups is 1. The SMILES string of the molecule is C[C@@H]1CCc2c(sc(NC(=O)CNC(C)(C)C)c2C#N)C1. The number of hydrogen-bond donors (Lipinski definition) is 2. The van der Waals surface area contributed by atoms with Crippen molar-refractivity contribution in [2.45, 2.75) is 52.5 Å². The van der Waals surface area contributed by atoms with Crippen molar-refractivity contribution in [1.82, 2.24) is 5.32 Å². The Hall–Kier alpha value is -1.38. The van der Waals surface area contributed by atoms with Gasteiger partial charge >= 0.3 is 0 Å². The maximum Gasteiger partial charge on any atom is 0.238 e. The number of rotatable bonds is 3. The van der Waals surface area contributed by atoms with Gasteiger partial charge in [-0.05, 0) is 51.5 Å². The second-order valence-electron chi connectivity index (χ2n) is 6.82. The van der Waals surface area contributed by atoms with Crippen molar-refractivity contribution in [2.24, 2.45) is 5.92 Å². The van der Waals surface area contributed by atoms with Crippen LogP contribution in [0.2, 0.25) is 0 Å². The molecule has 0 saturated heterocycles. The smallest absolute Gasteiger partial charge is 0.238 e. The van der Waals surface area contributed by atoms with E-state index >= 15 is 0 Å². The topological polar surface area (TPSA) is 64.9 Å². The summed E-state index contributed by atoms with van der Waals surface area (Å²) in [5.74, 6) is 0.571. The first-order valence-electron chi connectivity index (χ1n) is 7.39. The zero-order valence-electron chi connectivity index (χ0n) is 13.2. The molecule has 1 atom stereocenters. The Kier molecular flexibility index (Phi) is 4.70. The Labute approximate surface area is 130 Å². The molecule has 0 aliphatic heterocycles. The van der Waals surface area contributed by atoms with Gasteiger partial charge in [0.2, 0.25) is 5.91 Å². The largest absolute Gasteiger partial charge is 0.315 e. The fourth-order valence-electron chi connectivity index (χ4n) is 2.47. The third kappa shape index (κ3) is 4.05. The van der Waals surface area contributed by atoms with Crippen LogP contribution in [0.15, 0.2) is 0 Å². The monoisotopic (exact) mass is 305 g/mol. The van der Waals surface area contributed by atoms with E-state index in [1.165, 1.54) is 4.88 Å². The molecule has 1 aromatic rings. The summed E-state index contributed by atoms with van der Waals surface area (Å²) in [5, 5.41) is 16.2. The lowest BCUT2D eigenvalue weighted by Gasteiger charge is -2.19. The van der Waals surface area contributed by atoms with Gasteiger partial charge in [0, 0.05) is 10.4 Å². The average molecular weight is 305 g/mol. The number of nitrogens with one attached hydrogen (secondary N) is 2. The number of anilines is 1. The van der Waals surface area contributed by atoms with E-state index in [0.29, 0.717) is 11.5 Å². The summed E-state index contributed by atoms with van der Waals surface area (Å²) in [6.45, 7) is 8.55. The van der Waals surface area contributed by atoms with Gasteiger partial charge in [-0.2, -0.15) is 5.26 Å². The Bertz CT molecular complexity index is 578. The molecular weight excluding hydrogens is 282 g/mol. The van der Waals surface area contributed by atoms with Crippen molar-refractivity contribution in [3.05, 3.63) is 16.0 Å². The Morgan fingerprint density at radius 3 is 2.81 bits per heavy atom. The molecule has 21 heavy (non-hydrogen) atoms. The minimum atomic E-state index is -0.0977. The number of amides is 1. The molecule has 1 aromatic heterocycles. The third-order valence-electron chi connectivity index (χ3n) is 3.66. The van der Waals surface area contributed by atoms with E-state index in [-0.39, 0.29) is 18.0 Å². The first-order valence-corrected chi connectivity index (χ1v) is 8.21. The molecule has 0 fully saturated rings. The number of hydrogen-bond acceptors (Lipinski definition) is 4. The summed E-state index contributed by atoms with van der Waals surface area (Å²) in [5.41, 5.74) is 1.73. The summed E-state index contributed by atoms with van der Waals surface area (Å²) in [6.07, 6.45) is 3.09. The number of thiophene rings is 1. The van der Waals surface area contributed by atoms with Gasteiger partial charge in [-0.3, -0.25) is 4.79 Å². The lowest BCUT2D eigenvalue weighted by molar-refractivity contribution is -0.115. The molecule has 0 bridgehead atoms. The molecule has 0 saturated carbocycles. The predicted molar refractivity (Wildman–Crippen MR) is 86.6 cm³/mol. The lowest BCUT2D eigenvalue weighted by Crippen LogP contribution is -2.41. The van der Waals surface area contributed by atoms with Gasteiger partial charge in [-0.25, -0.2) is 0 Å². The summed E-state index contributed by atoms with van der Waals surface area (Å²) in [7, 11) is 0. The highest BCUT2D eigenvalue weighted by Crippen LogP contribution is 2.39. The van der Waals surface area contributed by atoms with E-state index in [2.05, 4.69) is 23.6 Å². The zero-order valence-corrected chi connectivity index (χ0v) is 14.0. The van der Waals surface area contributed by atoms with Crippen LogP contribution < -0.4 is 10.6 Å². The summed E-state index contributed by atoms with van der Waals surface area (Å²) in [4.78, 5) is 13.3. The van der Waals surface area contributed by atoms with Crippen molar-refractivity contribution in [3.63, 3.8) is 0 Å². The molecule has 5 heteroatoms. The number of carbonyl (C=O) groups excluding carboxylic acids is 1. The molecule has 2 rings (SSSR count). The molecule has 4 nitrogen and oxygen atoms in total. The van der Waals surface area contributed by atoms with E-state index < -0.39 is 0 Å². The Morgan fingerprint density at radius 1 is 1.48 bits per heavy atom.